The molecule has 0 aliphatic rings. The largest absolute Gasteiger partial charge is 0.452 e. The Hall–Kier alpha value is -3.32. The second-order valence-electron chi connectivity index (χ2n) is 6.61. The average molecular weight is 408 g/mol. The lowest BCUT2D eigenvalue weighted by Crippen LogP contribution is -2.22. The van der Waals surface area contributed by atoms with Gasteiger partial charge in [0.15, 0.2) is 17.5 Å². The highest BCUT2D eigenvalue weighted by Crippen LogP contribution is 2.20. The third-order valence-electron chi connectivity index (χ3n) is 4.23. The number of hydrogen-bond donors (Lipinski definition) is 1. The quantitative estimate of drug-likeness (QED) is 0.490. The van der Waals surface area contributed by atoms with Gasteiger partial charge in [-0.2, -0.15) is 0 Å². The van der Waals surface area contributed by atoms with Gasteiger partial charge in [0.1, 0.15) is 0 Å². The number of rotatable bonds is 6. The van der Waals surface area contributed by atoms with Crippen molar-refractivity contribution in [3.8, 4) is 0 Å². The van der Waals surface area contributed by atoms with Gasteiger partial charge in [-0.15, -0.1) is 11.3 Å². The van der Waals surface area contributed by atoms with Gasteiger partial charge in [-0.1, -0.05) is 35.9 Å². The fraction of sp³-hybridized carbons (Fsp3) is 0.182. The first-order valence-electron chi connectivity index (χ1n) is 8.95. The van der Waals surface area contributed by atoms with Crippen molar-refractivity contribution < 1.29 is 19.1 Å². The standard InChI is InChI=1S/C22H20N2O4S/c1-13-8-9-14(2)18(10-13)20(26)16-6-4-5-7-17(16)21(27)28-11-19(25)24-22-23-15(3)12-29-22/h4-10,12H,11H2,1-3H3,(H,23,24,25). The Morgan fingerprint density at radius 1 is 1.00 bits per heavy atom. The lowest BCUT2D eigenvalue weighted by molar-refractivity contribution is -0.119. The van der Waals surface area contributed by atoms with Crippen LogP contribution in [0.25, 0.3) is 0 Å². The first-order valence-corrected chi connectivity index (χ1v) is 9.83. The Bertz CT molecular complexity index is 1090. The number of amides is 1. The molecule has 0 fully saturated rings. The number of aryl methyl sites for hydroxylation is 3. The minimum Gasteiger partial charge on any atom is -0.452 e. The van der Waals surface area contributed by atoms with Crippen molar-refractivity contribution >= 4 is 34.1 Å². The van der Waals surface area contributed by atoms with E-state index in [9.17, 15) is 14.4 Å². The number of ether oxygens (including phenoxy) is 1. The van der Waals surface area contributed by atoms with Crippen molar-refractivity contribution in [2.75, 3.05) is 11.9 Å². The van der Waals surface area contributed by atoms with Crippen LogP contribution in [0.15, 0.2) is 47.8 Å². The maximum absolute atomic E-state index is 13.0. The molecule has 6 nitrogen and oxygen atoms in total. The smallest absolute Gasteiger partial charge is 0.339 e. The minimum absolute atomic E-state index is 0.122. The zero-order valence-corrected chi connectivity index (χ0v) is 17.1. The summed E-state index contributed by atoms with van der Waals surface area (Å²) in [7, 11) is 0. The van der Waals surface area contributed by atoms with E-state index < -0.39 is 18.5 Å². The average Bonchev–Trinajstić information content (AvgIpc) is 3.12. The number of ketones is 1. The third-order valence-corrected chi connectivity index (χ3v) is 5.10. The second-order valence-corrected chi connectivity index (χ2v) is 7.47. The number of esters is 1. The molecule has 7 heteroatoms. The summed E-state index contributed by atoms with van der Waals surface area (Å²) in [4.78, 5) is 41.7. The van der Waals surface area contributed by atoms with Gasteiger partial charge in [0.25, 0.3) is 5.91 Å². The summed E-state index contributed by atoms with van der Waals surface area (Å²) in [6.45, 7) is 5.09. The van der Waals surface area contributed by atoms with Crippen molar-refractivity contribution in [2.24, 2.45) is 0 Å². The van der Waals surface area contributed by atoms with Gasteiger partial charge in [0.05, 0.1) is 11.3 Å². The highest BCUT2D eigenvalue weighted by atomic mass is 32.1. The van der Waals surface area contributed by atoms with Crippen molar-refractivity contribution in [1.82, 2.24) is 4.98 Å². The van der Waals surface area contributed by atoms with Crippen LogP contribution >= 0.6 is 11.3 Å². The SMILES string of the molecule is Cc1ccc(C)c(C(=O)c2ccccc2C(=O)OCC(=O)Nc2nc(C)cs2)c1. The maximum atomic E-state index is 13.0. The van der Waals surface area contributed by atoms with Gasteiger partial charge < -0.3 is 4.74 Å². The number of thiazole rings is 1. The summed E-state index contributed by atoms with van der Waals surface area (Å²) in [6, 6.07) is 12.0. The number of benzene rings is 2. The molecule has 0 aliphatic heterocycles. The molecule has 2 aromatic carbocycles. The van der Waals surface area contributed by atoms with E-state index >= 15 is 0 Å². The Kier molecular flexibility index (Phi) is 6.19. The molecular weight excluding hydrogens is 388 g/mol. The molecule has 1 aromatic heterocycles. The third kappa shape index (κ3) is 4.94. The van der Waals surface area contributed by atoms with Gasteiger partial charge in [-0.05, 0) is 38.5 Å². The molecule has 0 saturated carbocycles. The van der Waals surface area contributed by atoms with Crippen LogP contribution in [0.3, 0.4) is 0 Å². The number of nitrogens with one attached hydrogen (secondary N) is 1. The van der Waals surface area contributed by atoms with Crippen LogP contribution in [0.5, 0.6) is 0 Å². The molecule has 0 atom stereocenters. The first-order chi connectivity index (χ1) is 13.8. The molecule has 0 bridgehead atoms. The van der Waals surface area contributed by atoms with E-state index in [2.05, 4.69) is 10.3 Å². The number of carbonyl (C=O) groups excluding carboxylic acids is 3. The molecule has 0 unspecified atom stereocenters. The maximum Gasteiger partial charge on any atom is 0.339 e. The summed E-state index contributed by atoms with van der Waals surface area (Å²) in [5, 5.41) is 4.81. The van der Waals surface area contributed by atoms with Crippen molar-refractivity contribution in [1.29, 1.82) is 0 Å². The number of aromatic nitrogens is 1. The Morgan fingerprint density at radius 2 is 1.72 bits per heavy atom. The molecule has 0 spiro atoms. The van der Waals surface area contributed by atoms with Crippen molar-refractivity contribution in [2.45, 2.75) is 20.8 Å². The van der Waals surface area contributed by atoms with Crippen LogP contribution < -0.4 is 5.32 Å². The summed E-state index contributed by atoms with van der Waals surface area (Å²) in [6.07, 6.45) is 0. The predicted octanol–water partition coefficient (Wildman–Crippen LogP) is 4.09. The van der Waals surface area contributed by atoms with Gasteiger partial charge in [-0.25, -0.2) is 9.78 Å². The fourth-order valence-electron chi connectivity index (χ4n) is 2.76. The van der Waals surface area contributed by atoms with Gasteiger partial charge >= 0.3 is 5.97 Å². The first kappa shape index (κ1) is 20.4. The van der Waals surface area contributed by atoms with Gasteiger partial charge in [0, 0.05) is 16.5 Å². The molecule has 3 aromatic rings. The normalized spacial score (nSPS) is 10.4. The summed E-state index contributed by atoms with van der Waals surface area (Å²) in [5.41, 5.74) is 3.46. The van der Waals surface area contributed by atoms with Gasteiger partial charge in [0.2, 0.25) is 0 Å². The number of carbonyl (C=O) groups is 3. The molecule has 3 rings (SSSR count). The number of hydrogen-bond acceptors (Lipinski definition) is 6. The lowest BCUT2D eigenvalue weighted by Gasteiger charge is -2.11. The molecule has 1 heterocycles. The van der Waals surface area contributed by atoms with Crippen LogP contribution in [-0.4, -0.2) is 29.3 Å². The fourth-order valence-corrected chi connectivity index (χ4v) is 3.46. The lowest BCUT2D eigenvalue weighted by atomic mass is 9.94. The van der Waals surface area contributed by atoms with E-state index in [1.807, 2.05) is 32.9 Å². The Balaban J connectivity index is 1.74. The van der Waals surface area contributed by atoms with Crippen LogP contribution in [0, 0.1) is 20.8 Å². The van der Waals surface area contributed by atoms with E-state index in [1.54, 1.807) is 29.6 Å². The molecule has 1 N–H and O–H groups in total. The topological polar surface area (TPSA) is 85.4 Å². The highest BCUT2D eigenvalue weighted by Gasteiger charge is 2.21. The summed E-state index contributed by atoms with van der Waals surface area (Å²) < 4.78 is 5.12. The minimum atomic E-state index is -0.732. The van der Waals surface area contributed by atoms with Crippen LogP contribution in [-0.2, 0) is 9.53 Å². The molecule has 1 amide bonds. The molecular formula is C22H20N2O4S. The van der Waals surface area contributed by atoms with Crippen LogP contribution in [0.4, 0.5) is 5.13 Å². The number of anilines is 1. The van der Waals surface area contributed by atoms with Crippen molar-refractivity contribution in [3.63, 3.8) is 0 Å². The molecule has 29 heavy (non-hydrogen) atoms. The van der Waals surface area contributed by atoms with E-state index in [4.69, 9.17) is 4.74 Å². The molecule has 0 radical (unpaired) electrons. The number of nitrogens with zero attached hydrogens (tertiary/aromatic N) is 1. The zero-order valence-electron chi connectivity index (χ0n) is 16.3. The summed E-state index contributed by atoms with van der Waals surface area (Å²) >= 11 is 1.29. The second kappa shape index (κ2) is 8.79. The molecule has 0 saturated heterocycles. The van der Waals surface area contributed by atoms with Crippen molar-refractivity contribution in [3.05, 3.63) is 81.4 Å². The predicted molar refractivity (Wildman–Crippen MR) is 112 cm³/mol. The van der Waals surface area contributed by atoms with Crippen LogP contribution in [0.2, 0.25) is 0 Å². The van der Waals surface area contributed by atoms with E-state index in [0.29, 0.717) is 10.7 Å². The van der Waals surface area contributed by atoms with E-state index in [1.165, 1.54) is 17.4 Å². The monoisotopic (exact) mass is 408 g/mol. The zero-order chi connectivity index (χ0) is 21.0. The van der Waals surface area contributed by atoms with E-state index in [-0.39, 0.29) is 16.9 Å². The van der Waals surface area contributed by atoms with Gasteiger partial charge in [-0.3, -0.25) is 14.9 Å². The highest BCUT2D eigenvalue weighted by molar-refractivity contribution is 7.13. The molecule has 148 valence electrons. The summed E-state index contributed by atoms with van der Waals surface area (Å²) in [5.74, 6) is -1.49. The Morgan fingerprint density at radius 3 is 2.41 bits per heavy atom. The molecule has 0 aliphatic carbocycles. The Labute approximate surface area is 172 Å². The van der Waals surface area contributed by atoms with E-state index in [0.717, 1.165) is 16.8 Å². The van der Waals surface area contributed by atoms with Crippen LogP contribution in [0.1, 0.15) is 43.1 Å².